The molecule has 114 valence electrons. The molecule has 0 aliphatic rings. The van der Waals surface area contributed by atoms with E-state index >= 15 is 0 Å². The topological polar surface area (TPSA) is 111 Å². The summed E-state index contributed by atoms with van der Waals surface area (Å²) in [5.74, 6) is 1.92. The second-order valence-corrected chi connectivity index (χ2v) is 4.21. The maximum Gasteiger partial charge on any atom is 0.323 e. The average Bonchev–Trinajstić information content (AvgIpc) is 2.89. The van der Waals surface area contributed by atoms with Gasteiger partial charge in [0.25, 0.3) is 0 Å². The van der Waals surface area contributed by atoms with Crippen LogP contribution in [-0.2, 0) is 6.54 Å². The van der Waals surface area contributed by atoms with E-state index in [0.29, 0.717) is 36.8 Å². The molecule has 0 amide bonds. The van der Waals surface area contributed by atoms with Gasteiger partial charge in [-0.1, -0.05) is 12.1 Å². The van der Waals surface area contributed by atoms with Crippen LogP contribution in [0.2, 0.25) is 0 Å². The minimum absolute atomic E-state index is 0.276. The van der Waals surface area contributed by atoms with Gasteiger partial charge in [0.2, 0.25) is 17.8 Å². The molecule has 0 spiro atoms. The summed E-state index contributed by atoms with van der Waals surface area (Å²) in [5, 5.41) is 9.92. The van der Waals surface area contributed by atoms with Gasteiger partial charge >= 0.3 is 6.01 Å². The first-order valence-corrected chi connectivity index (χ1v) is 6.87. The maximum absolute atomic E-state index is 5.33. The number of aryl methyl sites for hydroxylation is 1. The normalized spacial score (nSPS) is 10.4. The van der Waals surface area contributed by atoms with Crippen molar-refractivity contribution < 1.29 is 9.26 Å². The molecule has 9 nitrogen and oxygen atoms in total. The van der Waals surface area contributed by atoms with Gasteiger partial charge in [-0.05, 0) is 13.3 Å². The van der Waals surface area contributed by atoms with Gasteiger partial charge in [0.15, 0.2) is 5.82 Å². The number of nitrogens with zero attached hydrogens (tertiary/aromatic N) is 5. The molecule has 0 saturated carbocycles. The molecular formula is C12H19N7O2. The third kappa shape index (κ3) is 4.55. The largest absolute Gasteiger partial charge is 0.464 e. The molecule has 2 rings (SSSR count). The second kappa shape index (κ2) is 7.36. The molecule has 0 aliphatic carbocycles. The summed E-state index contributed by atoms with van der Waals surface area (Å²) in [4.78, 5) is 16.7. The van der Waals surface area contributed by atoms with E-state index in [2.05, 4.69) is 42.6 Å². The molecule has 9 heteroatoms. The molecule has 0 aromatic carbocycles. The molecule has 21 heavy (non-hydrogen) atoms. The predicted octanol–water partition coefficient (Wildman–Crippen LogP) is 1.40. The van der Waals surface area contributed by atoms with E-state index in [1.54, 1.807) is 6.92 Å². The number of anilines is 2. The Hall–Kier alpha value is -2.45. The summed E-state index contributed by atoms with van der Waals surface area (Å²) in [7, 11) is 0. The van der Waals surface area contributed by atoms with Crippen molar-refractivity contribution in [3.05, 3.63) is 11.7 Å². The zero-order valence-corrected chi connectivity index (χ0v) is 12.4. The van der Waals surface area contributed by atoms with Crippen LogP contribution >= 0.6 is 0 Å². The van der Waals surface area contributed by atoms with E-state index in [1.807, 2.05) is 6.92 Å². The van der Waals surface area contributed by atoms with Gasteiger partial charge in [0.05, 0.1) is 13.2 Å². The smallest absolute Gasteiger partial charge is 0.323 e. The summed E-state index contributed by atoms with van der Waals surface area (Å²) in [5.41, 5.74) is 0. The zero-order chi connectivity index (χ0) is 15.1. The van der Waals surface area contributed by atoms with E-state index in [4.69, 9.17) is 9.26 Å². The molecule has 0 fully saturated rings. The number of ether oxygens (including phenoxy) is 1. The fourth-order valence-corrected chi connectivity index (χ4v) is 1.52. The van der Waals surface area contributed by atoms with Gasteiger partial charge in [-0.25, -0.2) is 0 Å². The third-order valence-corrected chi connectivity index (χ3v) is 2.40. The van der Waals surface area contributed by atoms with Crippen LogP contribution in [0.5, 0.6) is 6.01 Å². The SMILES string of the molecule is CCCNc1nc(NCc2noc(C)n2)nc(OCC)n1. The lowest BCUT2D eigenvalue weighted by Gasteiger charge is -2.08. The number of hydrogen-bond donors (Lipinski definition) is 2. The first kappa shape index (κ1) is 14.9. The highest BCUT2D eigenvalue weighted by Crippen LogP contribution is 2.12. The molecule has 2 N–H and O–H groups in total. The van der Waals surface area contributed by atoms with E-state index < -0.39 is 0 Å². The van der Waals surface area contributed by atoms with Gasteiger partial charge < -0.3 is 19.9 Å². The van der Waals surface area contributed by atoms with E-state index in [-0.39, 0.29) is 6.01 Å². The van der Waals surface area contributed by atoms with Crippen LogP contribution in [0.1, 0.15) is 32.0 Å². The Kier molecular flexibility index (Phi) is 5.24. The fraction of sp³-hybridized carbons (Fsp3) is 0.583. The molecule has 0 atom stereocenters. The van der Waals surface area contributed by atoms with E-state index in [1.165, 1.54) is 0 Å². The molecule has 0 saturated heterocycles. The van der Waals surface area contributed by atoms with Crippen molar-refractivity contribution in [2.24, 2.45) is 0 Å². The summed E-state index contributed by atoms with van der Waals surface area (Å²) < 4.78 is 10.2. The van der Waals surface area contributed by atoms with Gasteiger partial charge in [-0.3, -0.25) is 0 Å². The summed E-state index contributed by atoms with van der Waals surface area (Å²) in [6.07, 6.45) is 0.973. The van der Waals surface area contributed by atoms with Crippen LogP contribution in [-0.4, -0.2) is 38.2 Å². The highest BCUT2D eigenvalue weighted by Gasteiger charge is 2.08. The molecule has 2 heterocycles. The third-order valence-electron chi connectivity index (χ3n) is 2.40. The van der Waals surface area contributed by atoms with Crippen molar-refractivity contribution in [3.63, 3.8) is 0 Å². The lowest BCUT2D eigenvalue weighted by Crippen LogP contribution is -2.11. The number of rotatable bonds is 8. The van der Waals surface area contributed by atoms with Crippen molar-refractivity contribution in [1.29, 1.82) is 0 Å². The molecule has 0 radical (unpaired) electrons. The first-order valence-electron chi connectivity index (χ1n) is 6.87. The van der Waals surface area contributed by atoms with Crippen LogP contribution in [0.15, 0.2) is 4.52 Å². The van der Waals surface area contributed by atoms with Crippen LogP contribution < -0.4 is 15.4 Å². The van der Waals surface area contributed by atoms with E-state index in [0.717, 1.165) is 13.0 Å². The van der Waals surface area contributed by atoms with Gasteiger partial charge in [0, 0.05) is 13.5 Å². The van der Waals surface area contributed by atoms with E-state index in [9.17, 15) is 0 Å². The monoisotopic (exact) mass is 293 g/mol. The van der Waals surface area contributed by atoms with Crippen LogP contribution in [0.3, 0.4) is 0 Å². The fourth-order valence-electron chi connectivity index (χ4n) is 1.52. The summed E-state index contributed by atoms with van der Waals surface area (Å²) in [6.45, 7) is 7.30. The summed E-state index contributed by atoms with van der Waals surface area (Å²) >= 11 is 0. The lowest BCUT2D eigenvalue weighted by atomic mass is 10.5. The minimum Gasteiger partial charge on any atom is -0.464 e. The Morgan fingerprint density at radius 2 is 1.81 bits per heavy atom. The van der Waals surface area contributed by atoms with Crippen molar-refractivity contribution in [2.45, 2.75) is 33.7 Å². The highest BCUT2D eigenvalue weighted by atomic mass is 16.5. The number of hydrogen-bond acceptors (Lipinski definition) is 9. The number of nitrogens with one attached hydrogen (secondary N) is 2. The molecule has 2 aromatic rings. The Labute approximate surface area is 122 Å². The molecule has 2 aromatic heterocycles. The van der Waals surface area contributed by atoms with Crippen molar-refractivity contribution in [2.75, 3.05) is 23.8 Å². The second-order valence-electron chi connectivity index (χ2n) is 4.21. The number of aromatic nitrogens is 5. The van der Waals surface area contributed by atoms with Gasteiger partial charge in [0.1, 0.15) is 0 Å². The van der Waals surface area contributed by atoms with Gasteiger partial charge in [-0.2, -0.15) is 19.9 Å². The first-order chi connectivity index (χ1) is 10.2. The van der Waals surface area contributed by atoms with Crippen LogP contribution in [0.4, 0.5) is 11.9 Å². The van der Waals surface area contributed by atoms with Crippen molar-refractivity contribution >= 4 is 11.9 Å². The van der Waals surface area contributed by atoms with Crippen LogP contribution in [0.25, 0.3) is 0 Å². The van der Waals surface area contributed by atoms with Crippen LogP contribution in [0, 0.1) is 6.92 Å². The Morgan fingerprint density at radius 3 is 2.43 bits per heavy atom. The Morgan fingerprint density at radius 1 is 1.05 bits per heavy atom. The molecule has 0 bridgehead atoms. The minimum atomic E-state index is 0.276. The Balaban J connectivity index is 2.07. The predicted molar refractivity (Wildman–Crippen MR) is 76.1 cm³/mol. The van der Waals surface area contributed by atoms with Crippen molar-refractivity contribution in [3.8, 4) is 6.01 Å². The Bertz CT molecular complexity index is 572. The highest BCUT2D eigenvalue weighted by molar-refractivity contribution is 5.35. The zero-order valence-electron chi connectivity index (χ0n) is 12.4. The van der Waals surface area contributed by atoms with Crippen molar-refractivity contribution in [1.82, 2.24) is 25.1 Å². The van der Waals surface area contributed by atoms with Gasteiger partial charge in [-0.15, -0.1) is 0 Å². The quantitative estimate of drug-likeness (QED) is 0.745. The average molecular weight is 293 g/mol. The summed E-state index contributed by atoms with van der Waals surface area (Å²) in [6, 6.07) is 0.276. The lowest BCUT2D eigenvalue weighted by molar-refractivity contribution is 0.312. The molecule has 0 unspecified atom stereocenters. The molecular weight excluding hydrogens is 274 g/mol. The molecule has 0 aliphatic heterocycles. The standard InChI is InChI=1S/C12H19N7O2/c1-4-6-13-10-16-11(18-12(17-10)20-5-2)14-7-9-15-8(3)21-19-9/h4-7H2,1-3H3,(H2,13,14,16,17,18). The maximum atomic E-state index is 5.33.